The largest absolute Gasteiger partial charge is 0.358 e. The van der Waals surface area contributed by atoms with Gasteiger partial charge in [-0.2, -0.15) is 0 Å². The lowest BCUT2D eigenvalue weighted by atomic mass is 9.95. The van der Waals surface area contributed by atoms with E-state index in [-0.39, 0.29) is 0 Å². The molecule has 0 saturated heterocycles. The zero-order chi connectivity index (χ0) is 7.56. The van der Waals surface area contributed by atoms with Crippen LogP contribution in [0.15, 0.2) is 24.6 Å². The van der Waals surface area contributed by atoms with Crippen LogP contribution in [-0.2, 0) is 0 Å². The molecule has 0 radical (unpaired) electrons. The molecule has 0 spiro atoms. The van der Waals surface area contributed by atoms with E-state index >= 15 is 0 Å². The van der Waals surface area contributed by atoms with E-state index in [1.165, 1.54) is 0 Å². The quantitative estimate of drug-likeness (QED) is 0.535. The molecule has 1 rings (SSSR count). The molecule has 10 heavy (non-hydrogen) atoms. The van der Waals surface area contributed by atoms with Crippen molar-refractivity contribution in [3.05, 3.63) is 24.6 Å². The van der Waals surface area contributed by atoms with Crippen molar-refractivity contribution in [1.82, 2.24) is 4.90 Å². The summed E-state index contributed by atoms with van der Waals surface area (Å²) in [5, 5.41) is 0. The Morgan fingerprint density at radius 3 is 2.10 bits per heavy atom. The number of hydrogen-bond acceptors (Lipinski definition) is 1. The SMILES string of the molecule is CC(C)C1C=CN(C)C=C1. The number of hydrogen-bond donors (Lipinski definition) is 0. The Morgan fingerprint density at radius 1 is 1.20 bits per heavy atom. The molecule has 0 N–H and O–H groups in total. The van der Waals surface area contributed by atoms with Crippen LogP contribution in [0, 0.1) is 11.8 Å². The summed E-state index contributed by atoms with van der Waals surface area (Å²) in [7, 11) is 2.05. The number of allylic oxidation sites excluding steroid dienone is 2. The van der Waals surface area contributed by atoms with Gasteiger partial charge in [0.15, 0.2) is 0 Å². The molecule has 0 atom stereocenters. The highest BCUT2D eigenvalue weighted by molar-refractivity contribution is 5.07. The Balaban J connectivity index is 2.54. The maximum atomic E-state index is 2.24. The molecular formula is C9H15N. The minimum absolute atomic E-state index is 0.635. The molecule has 1 nitrogen and oxygen atoms in total. The third-order valence-electron chi connectivity index (χ3n) is 1.86. The Kier molecular flexibility index (Phi) is 2.15. The standard InChI is InChI=1S/C9H15N/c1-8(2)9-4-6-10(3)7-5-9/h4-9H,1-3H3. The fourth-order valence-electron chi connectivity index (χ4n) is 1.03. The van der Waals surface area contributed by atoms with Crippen molar-refractivity contribution in [2.75, 3.05) is 7.05 Å². The topological polar surface area (TPSA) is 3.24 Å². The van der Waals surface area contributed by atoms with Gasteiger partial charge in [-0.1, -0.05) is 26.0 Å². The van der Waals surface area contributed by atoms with Crippen molar-refractivity contribution in [1.29, 1.82) is 0 Å². The van der Waals surface area contributed by atoms with Gasteiger partial charge in [-0.05, 0) is 18.3 Å². The van der Waals surface area contributed by atoms with E-state index in [0.717, 1.165) is 5.92 Å². The zero-order valence-electron chi connectivity index (χ0n) is 6.91. The summed E-state index contributed by atoms with van der Waals surface area (Å²) in [6.07, 6.45) is 8.71. The lowest BCUT2D eigenvalue weighted by molar-refractivity contribution is 0.506. The van der Waals surface area contributed by atoms with Crippen molar-refractivity contribution in [3.8, 4) is 0 Å². The summed E-state index contributed by atoms with van der Waals surface area (Å²) < 4.78 is 0. The first-order chi connectivity index (χ1) is 4.70. The number of rotatable bonds is 1. The van der Waals surface area contributed by atoms with Crippen molar-refractivity contribution >= 4 is 0 Å². The summed E-state index contributed by atoms with van der Waals surface area (Å²) in [6.45, 7) is 4.48. The fourth-order valence-corrected chi connectivity index (χ4v) is 1.03. The van der Waals surface area contributed by atoms with Crippen LogP contribution in [0.3, 0.4) is 0 Å². The first kappa shape index (κ1) is 7.39. The van der Waals surface area contributed by atoms with Crippen LogP contribution >= 0.6 is 0 Å². The molecule has 0 amide bonds. The predicted molar refractivity (Wildman–Crippen MR) is 44.4 cm³/mol. The minimum Gasteiger partial charge on any atom is -0.358 e. The van der Waals surface area contributed by atoms with E-state index in [1.54, 1.807) is 0 Å². The summed E-state index contributed by atoms with van der Waals surface area (Å²) in [6, 6.07) is 0. The van der Waals surface area contributed by atoms with Gasteiger partial charge in [0.05, 0.1) is 0 Å². The molecule has 0 unspecified atom stereocenters. The van der Waals surface area contributed by atoms with Crippen LogP contribution in [-0.4, -0.2) is 11.9 Å². The number of nitrogens with zero attached hydrogens (tertiary/aromatic N) is 1. The fraction of sp³-hybridized carbons (Fsp3) is 0.556. The summed E-state index contributed by atoms with van der Waals surface area (Å²) in [4.78, 5) is 2.07. The second kappa shape index (κ2) is 2.91. The molecule has 0 fully saturated rings. The minimum atomic E-state index is 0.635. The second-order valence-electron chi connectivity index (χ2n) is 3.17. The summed E-state index contributed by atoms with van der Waals surface area (Å²) >= 11 is 0. The molecule has 0 aromatic carbocycles. The Labute approximate surface area is 63.0 Å². The molecular weight excluding hydrogens is 122 g/mol. The van der Waals surface area contributed by atoms with Crippen molar-refractivity contribution in [3.63, 3.8) is 0 Å². The summed E-state index contributed by atoms with van der Waals surface area (Å²) in [5.74, 6) is 1.36. The third kappa shape index (κ3) is 1.63. The average molecular weight is 137 g/mol. The highest BCUT2D eigenvalue weighted by Gasteiger charge is 2.07. The van der Waals surface area contributed by atoms with Gasteiger partial charge in [0.25, 0.3) is 0 Å². The second-order valence-corrected chi connectivity index (χ2v) is 3.17. The Morgan fingerprint density at radius 2 is 1.70 bits per heavy atom. The normalized spacial score (nSPS) is 19.0. The molecule has 0 aliphatic carbocycles. The van der Waals surface area contributed by atoms with E-state index in [4.69, 9.17) is 0 Å². The molecule has 1 heterocycles. The van der Waals surface area contributed by atoms with Gasteiger partial charge in [0.2, 0.25) is 0 Å². The zero-order valence-corrected chi connectivity index (χ0v) is 6.91. The smallest absolute Gasteiger partial charge is 0.0106 e. The van der Waals surface area contributed by atoms with Gasteiger partial charge < -0.3 is 4.90 Å². The van der Waals surface area contributed by atoms with Crippen LogP contribution in [0.1, 0.15) is 13.8 Å². The van der Waals surface area contributed by atoms with Crippen LogP contribution < -0.4 is 0 Å². The van der Waals surface area contributed by atoms with E-state index < -0.39 is 0 Å². The van der Waals surface area contributed by atoms with Crippen LogP contribution in [0.25, 0.3) is 0 Å². The first-order valence-corrected chi connectivity index (χ1v) is 3.78. The molecule has 0 aromatic rings. The van der Waals surface area contributed by atoms with Gasteiger partial charge in [-0.3, -0.25) is 0 Å². The Bertz CT molecular complexity index is 142. The van der Waals surface area contributed by atoms with Gasteiger partial charge in [0, 0.05) is 13.0 Å². The molecule has 0 bridgehead atoms. The molecule has 1 aliphatic heterocycles. The van der Waals surface area contributed by atoms with Gasteiger partial charge in [-0.15, -0.1) is 0 Å². The molecule has 56 valence electrons. The van der Waals surface area contributed by atoms with Crippen LogP contribution in [0.5, 0.6) is 0 Å². The van der Waals surface area contributed by atoms with Gasteiger partial charge in [-0.25, -0.2) is 0 Å². The molecule has 0 aromatic heterocycles. The highest BCUT2D eigenvalue weighted by Crippen LogP contribution is 2.17. The van der Waals surface area contributed by atoms with Gasteiger partial charge in [0.1, 0.15) is 0 Å². The maximum absolute atomic E-state index is 2.24. The predicted octanol–water partition coefficient (Wildman–Crippen LogP) is 2.23. The van der Waals surface area contributed by atoms with E-state index in [0.29, 0.717) is 5.92 Å². The van der Waals surface area contributed by atoms with Crippen LogP contribution in [0.4, 0.5) is 0 Å². The van der Waals surface area contributed by atoms with E-state index in [1.807, 2.05) is 7.05 Å². The Hall–Kier alpha value is -0.720. The van der Waals surface area contributed by atoms with Crippen molar-refractivity contribution in [2.45, 2.75) is 13.8 Å². The maximum Gasteiger partial charge on any atom is 0.0106 e. The summed E-state index contributed by atoms with van der Waals surface area (Å²) in [5.41, 5.74) is 0. The lowest BCUT2D eigenvalue weighted by Crippen LogP contribution is -2.11. The van der Waals surface area contributed by atoms with Crippen LogP contribution in [0.2, 0.25) is 0 Å². The van der Waals surface area contributed by atoms with Crippen molar-refractivity contribution < 1.29 is 0 Å². The van der Waals surface area contributed by atoms with Gasteiger partial charge >= 0.3 is 0 Å². The molecule has 0 saturated carbocycles. The first-order valence-electron chi connectivity index (χ1n) is 3.78. The van der Waals surface area contributed by atoms with E-state index in [2.05, 4.69) is 43.3 Å². The molecule has 1 aliphatic rings. The monoisotopic (exact) mass is 137 g/mol. The molecule has 1 heteroatoms. The third-order valence-corrected chi connectivity index (χ3v) is 1.86. The highest BCUT2D eigenvalue weighted by atomic mass is 15.0. The lowest BCUT2D eigenvalue weighted by Gasteiger charge is -2.19. The average Bonchev–Trinajstić information content (AvgIpc) is 1.88. The van der Waals surface area contributed by atoms with E-state index in [9.17, 15) is 0 Å². The van der Waals surface area contributed by atoms with Crippen molar-refractivity contribution in [2.24, 2.45) is 11.8 Å².